The Labute approximate surface area is 164 Å². The first-order chi connectivity index (χ1) is 13.4. The van der Waals surface area contributed by atoms with E-state index in [2.05, 4.69) is 48.0 Å². The number of aryl methyl sites for hydroxylation is 1. The summed E-state index contributed by atoms with van der Waals surface area (Å²) in [6, 6.07) is 25.9. The number of hydrogen-bond acceptors (Lipinski definition) is 3. The number of sulfonamides is 1. The molecule has 4 nitrogen and oxygen atoms in total. The lowest BCUT2D eigenvalue weighted by atomic mass is 9.97. The minimum Gasteiger partial charge on any atom is -0.284 e. The number of anilines is 1. The molecule has 28 heavy (non-hydrogen) atoms. The van der Waals surface area contributed by atoms with Gasteiger partial charge in [0.25, 0.3) is 0 Å². The third kappa shape index (κ3) is 3.89. The second-order valence-corrected chi connectivity index (χ2v) is 8.64. The molecule has 1 N–H and O–H groups in total. The van der Waals surface area contributed by atoms with Crippen LogP contribution in [-0.2, 0) is 10.0 Å². The standard InChI is InChI=1S/C23H20N2O2S/c1-16-7-9-17(10-8-16)21-15-23(24-22-6-4-3-5-20(21)22)18-11-13-19(14-12-18)25-28(2,26)27/h3-15,25H,1-2H3. The lowest BCUT2D eigenvalue weighted by Crippen LogP contribution is -2.09. The summed E-state index contributed by atoms with van der Waals surface area (Å²) in [4.78, 5) is 4.81. The van der Waals surface area contributed by atoms with Crippen LogP contribution in [0.4, 0.5) is 5.69 Å². The van der Waals surface area contributed by atoms with Crippen LogP contribution in [0.3, 0.4) is 0 Å². The zero-order valence-electron chi connectivity index (χ0n) is 15.7. The summed E-state index contributed by atoms with van der Waals surface area (Å²) in [5.41, 5.74) is 6.72. The Balaban J connectivity index is 1.83. The molecule has 1 aromatic heterocycles. The van der Waals surface area contributed by atoms with E-state index in [9.17, 15) is 8.42 Å². The maximum atomic E-state index is 11.4. The summed E-state index contributed by atoms with van der Waals surface area (Å²) >= 11 is 0. The SMILES string of the molecule is Cc1ccc(-c2cc(-c3ccc(NS(C)(=O)=O)cc3)nc3ccccc23)cc1. The Morgan fingerprint density at radius 2 is 1.46 bits per heavy atom. The number of nitrogens with zero attached hydrogens (tertiary/aromatic N) is 1. The molecule has 4 aromatic rings. The van der Waals surface area contributed by atoms with Crippen LogP contribution >= 0.6 is 0 Å². The molecule has 0 saturated carbocycles. The van der Waals surface area contributed by atoms with Gasteiger partial charge in [-0.3, -0.25) is 4.72 Å². The van der Waals surface area contributed by atoms with E-state index >= 15 is 0 Å². The highest BCUT2D eigenvalue weighted by Gasteiger charge is 2.10. The molecule has 0 spiro atoms. The van der Waals surface area contributed by atoms with Gasteiger partial charge in [0.1, 0.15) is 0 Å². The maximum absolute atomic E-state index is 11.4. The van der Waals surface area contributed by atoms with E-state index in [1.54, 1.807) is 12.1 Å². The molecule has 3 aromatic carbocycles. The lowest BCUT2D eigenvalue weighted by molar-refractivity contribution is 0.607. The fourth-order valence-corrected chi connectivity index (χ4v) is 3.78. The van der Waals surface area contributed by atoms with Crippen LogP contribution in [0, 0.1) is 6.92 Å². The third-order valence-electron chi connectivity index (χ3n) is 4.56. The second kappa shape index (κ2) is 7.09. The summed E-state index contributed by atoms with van der Waals surface area (Å²) in [6.07, 6.45) is 1.14. The Morgan fingerprint density at radius 3 is 2.14 bits per heavy atom. The zero-order valence-corrected chi connectivity index (χ0v) is 16.5. The molecular weight excluding hydrogens is 368 g/mol. The highest BCUT2D eigenvalue weighted by molar-refractivity contribution is 7.92. The Morgan fingerprint density at radius 1 is 0.821 bits per heavy atom. The fraction of sp³-hybridized carbons (Fsp3) is 0.0870. The van der Waals surface area contributed by atoms with E-state index in [0.717, 1.165) is 39.5 Å². The number of rotatable bonds is 4. The number of benzene rings is 3. The number of aromatic nitrogens is 1. The molecule has 140 valence electrons. The third-order valence-corrected chi connectivity index (χ3v) is 5.17. The topological polar surface area (TPSA) is 59.1 Å². The summed E-state index contributed by atoms with van der Waals surface area (Å²) in [7, 11) is -3.30. The molecule has 0 saturated heterocycles. The molecule has 0 aliphatic carbocycles. The average molecular weight is 388 g/mol. The first kappa shape index (κ1) is 18.2. The molecule has 5 heteroatoms. The van der Waals surface area contributed by atoms with Crippen LogP contribution in [-0.4, -0.2) is 19.7 Å². The Kier molecular flexibility index (Phi) is 4.61. The van der Waals surface area contributed by atoms with Crippen molar-refractivity contribution in [2.75, 3.05) is 11.0 Å². The summed E-state index contributed by atoms with van der Waals surface area (Å²) in [5, 5.41) is 1.10. The van der Waals surface area contributed by atoms with Gasteiger partial charge in [0.15, 0.2) is 0 Å². The predicted octanol–water partition coefficient (Wildman–Crippen LogP) is 5.25. The highest BCUT2D eigenvalue weighted by atomic mass is 32.2. The minimum absolute atomic E-state index is 0.533. The first-order valence-corrected chi connectivity index (χ1v) is 10.8. The van der Waals surface area contributed by atoms with Crippen molar-refractivity contribution < 1.29 is 8.42 Å². The van der Waals surface area contributed by atoms with Crippen LogP contribution in [0.2, 0.25) is 0 Å². The van der Waals surface area contributed by atoms with Crippen molar-refractivity contribution in [3.63, 3.8) is 0 Å². The maximum Gasteiger partial charge on any atom is 0.229 e. The van der Waals surface area contributed by atoms with E-state index in [1.807, 2.05) is 30.3 Å². The van der Waals surface area contributed by atoms with Crippen LogP contribution < -0.4 is 4.72 Å². The first-order valence-electron chi connectivity index (χ1n) is 8.94. The Bertz CT molecular complexity index is 1250. The molecule has 0 atom stereocenters. The summed E-state index contributed by atoms with van der Waals surface area (Å²) < 4.78 is 25.3. The molecular formula is C23H20N2O2S. The number of fused-ring (bicyclic) bond motifs is 1. The van der Waals surface area contributed by atoms with Crippen molar-refractivity contribution >= 4 is 26.6 Å². The van der Waals surface area contributed by atoms with Gasteiger partial charge in [-0.25, -0.2) is 13.4 Å². The van der Waals surface area contributed by atoms with Crippen molar-refractivity contribution in [1.29, 1.82) is 0 Å². The van der Waals surface area contributed by atoms with Gasteiger partial charge >= 0.3 is 0 Å². The van der Waals surface area contributed by atoms with E-state index in [0.29, 0.717) is 5.69 Å². The van der Waals surface area contributed by atoms with Crippen LogP contribution in [0.25, 0.3) is 33.3 Å². The van der Waals surface area contributed by atoms with Crippen molar-refractivity contribution in [1.82, 2.24) is 4.98 Å². The zero-order chi connectivity index (χ0) is 19.7. The molecule has 0 radical (unpaired) electrons. The van der Waals surface area contributed by atoms with Gasteiger partial charge in [-0.2, -0.15) is 0 Å². The predicted molar refractivity (Wildman–Crippen MR) is 116 cm³/mol. The molecule has 1 heterocycles. The summed E-state index contributed by atoms with van der Waals surface area (Å²) in [6.45, 7) is 2.08. The van der Waals surface area contributed by atoms with Crippen LogP contribution in [0.15, 0.2) is 78.9 Å². The largest absolute Gasteiger partial charge is 0.284 e. The van der Waals surface area contributed by atoms with Crippen molar-refractivity contribution in [3.8, 4) is 22.4 Å². The molecule has 0 unspecified atom stereocenters. The Hall–Kier alpha value is -3.18. The number of para-hydroxylation sites is 1. The number of nitrogens with one attached hydrogen (secondary N) is 1. The molecule has 0 amide bonds. The van der Waals surface area contributed by atoms with Gasteiger partial charge in [-0.1, -0.05) is 60.2 Å². The highest BCUT2D eigenvalue weighted by Crippen LogP contribution is 2.32. The molecule has 4 rings (SSSR count). The van der Waals surface area contributed by atoms with E-state index < -0.39 is 10.0 Å². The van der Waals surface area contributed by atoms with E-state index in [4.69, 9.17) is 4.98 Å². The smallest absolute Gasteiger partial charge is 0.229 e. The van der Waals surface area contributed by atoms with Crippen LogP contribution in [0.1, 0.15) is 5.56 Å². The number of hydrogen-bond donors (Lipinski definition) is 1. The average Bonchev–Trinajstić information content (AvgIpc) is 2.67. The molecule has 0 aliphatic rings. The molecule has 0 aliphatic heterocycles. The fourth-order valence-electron chi connectivity index (χ4n) is 3.22. The van der Waals surface area contributed by atoms with E-state index in [1.165, 1.54) is 5.56 Å². The number of pyridine rings is 1. The minimum atomic E-state index is -3.30. The van der Waals surface area contributed by atoms with Crippen LogP contribution in [0.5, 0.6) is 0 Å². The molecule has 0 fully saturated rings. The second-order valence-electron chi connectivity index (χ2n) is 6.89. The van der Waals surface area contributed by atoms with Crippen molar-refractivity contribution in [3.05, 3.63) is 84.4 Å². The van der Waals surface area contributed by atoms with E-state index in [-0.39, 0.29) is 0 Å². The van der Waals surface area contributed by atoms with Crippen molar-refractivity contribution in [2.45, 2.75) is 6.92 Å². The van der Waals surface area contributed by atoms with Gasteiger partial charge in [0.2, 0.25) is 10.0 Å². The van der Waals surface area contributed by atoms with Gasteiger partial charge in [-0.05, 0) is 42.3 Å². The van der Waals surface area contributed by atoms with Gasteiger partial charge in [-0.15, -0.1) is 0 Å². The summed E-state index contributed by atoms with van der Waals surface area (Å²) in [5.74, 6) is 0. The molecule has 0 bridgehead atoms. The normalized spacial score (nSPS) is 11.5. The van der Waals surface area contributed by atoms with Gasteiger partial charge in [0.05, 0.1) is 17.5 Å². The lowest BCUT2D eigenvalue weighted by Gasteiger charge is -2.11. The van der Waals surface area contributed by atoms with Crippen molar-refractivity contribution in [2.24, 2.45) is 0 Å². The van der Waals surface area contributed by atoms with Gasteiger partial charge < -0.3 is 0 Å². The van der Waals surface area contributed by atoms with Gasteiger partial charge in [0, 0.05) is 16.6 Å². The quantitative estimate of drug-likeness (QED) is 0.519. The monoisotopic (exact) mass is 388 g/mol.